The van der Waals surface area contributed by atoms with Gasteiger partial charge in [-0.25, -0.2) is 14.4 Å². The summed E-state index contributed by atoms with van der Waals surface area (Å²) < 4.78 is 34.0. The average molecular weight is 595 g/mol. The number of aliphatic hydroxyl groups excluding tert-OH is 3. The van der Waals surface area contributed by atoms with Crippen LogP contribution in [0.3, 0.4) is 0 Å². The fraction of sp³-hybridized carbons (Fsp3) is 0.323. The van der Waals surface area contributed by atoms with Crippen LogP contribution in [0.2, 0.25) is 0 Å². The van der Waals surface area contributed by atoms with Crippen molar-refractivity contribution < 1.29 is 58.1 Å². The van der Waals surface area contributed by atoms with Crippen LogP contribution in [-0.4, -0.2) is 95.6 Å². The van der Waals surface area contributed by atoms with E-state index >= 15 is 0 Å². The highest BCUT2D eigenvalue weighted by Crippen LogP contribution is 2.32. The minimum Gasteiger partial charge on any atom is -0.459 e. The Hall–Kier alpha value is -4.17. The predicted molar refractivity (Wildman–Crippen MR) is 146 cm³/mol. The molecule has 2 aliphatic rings. The minimum atomic E-state index is -1.69. The number of ether oxygens (including phenoxy) is 6. The van der Waals surface area contributed by atoms with Crippen molar-refractivity contribution in [3.8, 4) is 0 Å². The first-order chi connectivity index (χ1) is 20.8. The van der Waals surface area contributed by atoms with Crippen LogP contribution in [0.1, 0.15) is 31.1 Å². The summed E-state index contributed by atoms with van der Waals surface area (Å²) >= 11 is 0. The fourth-order valence-corrected chi connectivity index (χ4v) is 4.62. The molecule has 0 saturated carbocycles. The molecule has 0 radical (unpaired) electrons. The van der Waals surface area contributed by atoms with Gasteiger partial charge >= 0.3 is 17.9 Å². The number of aliphatic hydroxyl groups is 3. The minimum absolute atomic E-state index is 0.188. The van der Waals surface area contributed by atoms with Gasteiger partial charge in [-0.15, -0.1) is 0 Å². The molecule has 8 atom stereocenters. The van der Waals surface area contributed by atoms with Gasteiger partial charge in [0.15, 0.2) is 24.8 Å². The third-order valence-electron chi connectivity index (χ3n) is 6.92. The second-order valence-electron chi connectivity index (χ2n) is 9.86. The molecule has 0 aromatic heterocycles. The molecule has 3 aromatic carbocycles. The number of hydrogen-bond acceptors (Lipinski definition) is 12. The normalized spacial score (nSPS) is 28.5. The number of carbonyl (C=O) groups is 3. The Kier molecular flexibility index (Phi) is 9.77. The van der Waals surface area contributed by atoms with Gasteiger partial charge in [0, 0.05) is 0 Å². The highest BCUT2D eigenvalue weighted by Gasteiger charge is 2.53. The summed E-state index contributed by atoms with van der Waals surface area (Å²) in [6.45, 7) is -0.772. The average Bonchev–Trinajstić information content (AvgIpc) is 3.35. The van der Waals surface area contributed by atoms with Gasteiger partial charge < -0.3 is 43.7 Å². The molecule has 2 saturated heterocycles. The first kappa shape index (κ1) is 30.3. The van der Waals surface area contributed by atoms with Crippen molar-refractivity contribution in [1.82, 2.24) is 0 Å². The van der Waals surface area contributed by atoms with Crippen LogP contribution in [0.4, 0.5) is 0 Å². The summed E-state index contributed by atoms with van der Waals surface area (Å²) in [5, 5.41) is 30.3. The summed E-state index contributed by atoms with van der Waals surface area (Å²) in [5.74, 6) is -2.23. The third-order valence-corrected chi connectivity index (χ3v) is 6.92. The van der Waals surface area contributed by atoms with Gasteiger partial charge in [-0.3, -0.25) is 0 Å². The zero-order chi connectivity index (χ0) is 30.3. The first-order valence-corrected chi connectivity index (χ1v) is 13.5. The van der Waals surface area contributed by atoms with E-state index < -0.39 is 73.7 Å². The topological polar surface area (TPSA) is 167 Å². The highest BCUT2D eigenvalue weighted by atomic mass is 16.8. The van der Waals surface area contributed by atoms with Gasteiger partial charge in [0.2, 0.25) is 0 Å². The standard InChI is InChI=1S/C31H30O12/c32-23-21(16-39-30(37)24(23)33)40-31-26(43-29(36)20-14-8-3-9-15-20)25(42-28(35)19-12-6-2-7-13-19)22(41-31)17-38-27(34)18-10-4-1-5-11-18/h1-15,21-26,30-33,37H,16-17H2/t21-,22+,23+,24-,25+,26-,30+,31-/m1/s1. The Morgan fingerprint density at radius 3 is 1.70 bits per heavy atom. The molecule has 0 unspecified atom stereocenters. The third kappa shape index (κ3) is 7.25. The molecule has 3 N–H and O–H groups in total. The molecule has 226 valence electrons. The zero-order valence-electron chi connectivity index (χ0n) is 22.7. The molecule has 0 spiro atoms. The van der Waals surface area contributed by atoms with Crippen molar-refractivity contribution in [2.45, 2.75) is 49.2 Å². The van der Waals surface area contributed by atoms with Crippen LogP contribution in [-0.2, 0) is 28.4 Å². The Labute approximate surface area is 246 Å². The summed E-state index contributed by atoms with van der Waals surface area (Å²) in [7, 11) is 0. The molecule has 2 fully saturated rings. The quantitative estimate of drug-likeness (QED) is 0.242. The van der Waals surface area contributed by atoms with Gasteiger partial charge in [-0.2, -0.15) is 0 Å². The van der Waals surface area contributed by atoms with Crippen LogP contribution < -0.4 is 0 Å². The van der Waals surface area contributed by atoms with E-state index in [-0.39, 0.29) is 23.3 Å². The molecule has 5 rings (SSSR count). The van der Waals surface area contributed by atoms with Gasteiger partial charge in [0.05, 0.1) is 23.3 Å². The number of esters is 3. The van der Waals surface area contributed by atoms with Crippen molar-refractivity contribution in [3.63, 3.8) is 0 Å². The number of benzene rings is 3. The molecule has 12 nitrogen and oxygen atoms in total. The lowest BCUT2D eigenvalue weighted by Crippen LogP contribution is -2.55. The summed E-state index contributed by atoms with van der Waals surface area (Å²) in [5.41, 5.74) is 0.661. The van der Waals surface area contributed by atoms with Crippen molar-refractivity contribution >= 4 is 17.9 Å². The van der Waals surface area contributed by atoms with Crippen LogP contribution in [0.25, 0.3) is 0 Å². The van der Waals surface area contributed by atoms with Gasteiger partial charge in [-0.1, -0.05) is 54.6 Å². The number of hydrogen-bond donors (Lipinski definition) is 3. The van der Waals surface area contributed by atoms with E-state index in [2.05, 4.69) is 0 Å². The summed E-state index contributed by atoms with van der Waals surface area (Å²) in [4.78, 5) is 39.0. The van der Waals surface area contributed by atoms with Gasteiger partial charge in [0.25, 0.3) is 0 Å². The van der Waals surface area contributed by atoms with E-state index in [0.717, 1.165) is 0 Å². The Morgan fingerprint density at radius 1 is 0.674 bits per heavy atom. The van der Waals surface area contributed by atoms with E-state index in [1.54, 1.807) is 66.7 Å². The number of carbonyl (C=O) groups excluding carboxylic acids is 3. The van der Waals surface area contributed by atoms with Crippen LogP contribution >= 0.6 is 0 Å². The number of rotatable bonds is 9. The van der Waals surface area contributed by atoms with Gasteiger partial charge in [-0.05, 0) is 36.4 Å². The molecule has 43 heavy (non-hydrogen) atoms. The Bertz CT molecular complexity index is 1370. The second kappa shape index (κ2) is 13.9. The van der Waals surface area contributed by atoms with Crippen molar-refractivity contribution in [2.75, 3.05) is 13.2 Å². The van der Waals surface area contributed by atoms with E-state index in [1.807, 2.05) is 0 Å². The summed E-state index contributed by atoms with van der Waals surface area (Å²) in [6, 6.07) is 24.3. The summed E-state index contributed by atoms with van der Waals surface area (Å²) in [6.07, 6.45) is -11.6. The lowest BCUT2D eigenvalue weighted by Gasteiger charge is -2.36. The highest BCUT2D eigenvalue weighted by molar-refractivity contribution is 5.91. The maximum absolute atomic E-state index is 13.2. The Balaban J connectivity index is 1.42. The second-order valence-corrected chi connectivity index (χ2v) is 9.86. The largest absolute Gasteiger partial charge is 0.459 e. The van der Waals surface area contributed by atoms with E-state index in [1.165, 1.54) is 24.3 Å². The monoisotopic (exact) mass is 594 g/mol. The molecule has 0 amide bonds. The van der Waals surface area contributed by atoms with E-state index in [9.17, 15) is 29.7 Å². The molecular weight excluding hydrogens is 564 g/mol. The lowest BCUT2D eigenvalue weighted by atomic mass is 10.1. The predicted octanol–water partition coefficient (Wildman–Crippen LogP) is 1.48. The SMILES string of the molecule is O=C(OC[C@@H]1O[C@@H](O[C@@H]2CO[C@H](O)[C@H](O)[C@H]2O)[C@H](OC(=O)c2ccccc2)[C@H]1OC(=O)c1ccccc1)c1ccccc1. The maximum atomic E-state index is 13.2. The maximum Gasteiger partial charge on any atom is 0.338 e. The molecule has 12 heteroatoms. The van der Waals surface area contributed by atoms with Crippen molar-refractivity contribution in [2.24, 2.45) is 0 Å². The van der Waals surface area contributed by atoms with Crippen LogP contribution in [0.15, 0.2) is 91.0 Å². The van der Waals surface area contributed by atoms with Crippen LogP contribution in [0, 0.1) is 0 Å². The van der Waals surface area contributed by atoms with Crippen molar-refractivity contribution in [3.05, 3.63) is 108 Å². The van der Waals surface area contributed by atoms with Crippen molar-refractivity contribution in [1.29, 1.82) is 0 Å². The zero-order valence-corrected chi connectivity index (χ0v) is 22.7. The molecule has 0 bridgehead atoms. The molecule has 2 aliphatic heterocycles. The Morgan fingerprint density at radius 2 is 1.16 bits per heavy atom. The van der Waals surface area contributed by atoms with Gasteiger partial charge in [0.1, 0.15) is 31.0 Å². The molecule has 2 heterocycles. The molecule has 0 aliphatic carbocycles. The lowest BCUT2D eigenvalue weighted by molar-refractivity contribution is -0.292. The smallest absolute Gasteiger partial charge is 0.338 e. The molecule has 3 aromatic rings. The fourth-order valence-electron chi connectivity index (χ4n) is 4.62. The molecular formula is C31H30O12. The van der Waals surface area contributed by atoms with E-state index in [0.29, 0.717) is 0 Å². The van der Waals surface area contributed by atoms with Crippen LogP contribution in [0.5, 0.6) is 0 Å². The van der Waals surface area contributed by atoms with E-state index in [4.69, 9.17) is 28.4 Å². The first-order valence-electron chi connectivity index (χ1n) is 13.5.